The summed E-state index contributed by atoms with van der Waals surface area (Å²) in [4.78, 5) is 24.9. The highest BCUT2D eigenvalue weighted by atomic mass is 19.4. The van der Waals surface area contributed by atoms with Gasteiger partial charge in [0, 0.05) is 13.5 Å². The van der Waals surface area contributed by atoms with Crippen molar-refractivity contribution in [3.05, 3.63) is 23.0 Å². The van der Waals surface area contributed by atoms with Crippen LogP contribution in [0.1, 0.15) is 34.2 Å². The van der Waals surface area contributed by atoms with Crippen LogP contribution in [0.3, 0.4) is 0 Å². The van der Waals surface area contributed by atoms with Crippen molar-refractivity contribution in [2.75, 3.05) is 7.05 Å². The Hall–Kier alpha value is -2.44. The Morgan fingerprint density at radius 1 is 1.15 bits per heavy atom. The monoisotopic (exact) mass is 398 g/mol. The summed E-state index contributed by atoms with van der Waals surface area (Å²) in [5.74, 6) is -1.15. The van der Waals surface area contributed by atoms with Crippen molar-refractivity contribution in [3.63, 3.8) is 0 Å². The molecule has 3 amide bonds. The van der Waals surface area contributed by atoms with Gasteiger partial charge in [-0.1, -0.05) is 0 Å². The summed E-state index contributed by atoms with van der Waals surface area (Å²) in [6.07, 6.45) is -11.2. The van der Waals surface area contributed by atoms with Crippen LogP contribution in [0.5, 0.6) is 0 Å². The quantitative estimate of drug-likeness (QED) is 0.576. The van der Waals surface area contributed by atoms with Crippen LogP contribution >= 0.6 is 0 Å². The lowest BCUT2D eigenvalue weighted by Crippen LogP contribution is -2.56. The number of nitrogens with zero attached hydrogens (tertiary/aromatic N) is 2. The molecular formula is C14H12F6N4O3. The van der Waals surface area contributed by atoms with Gasteiger partial charge in [-0.3, -0.25) is 9.69 Å². The summed E-state index contributed by atoms with van der Waals surface area (Å²) < 4.78 is 80.4. The van der Waals surface area contributed by atoms with Crippen LogP contribution in [0.15, 0.2) is 6.07 Å². The first kappa shape index (κ1) is 17.9. The Bertz CT molecular complexity index is 862. The highest BCUT2D eigenvalue weighted by molar-refractivity contribution is 5.95. The molecule has 7 nitrogen and oxygen atoms in total. The Labute approximate surface area is 146 Å². The van der Waals surface area contributed by atoms with Crippen LogP contribution < -0.4 is 10.6 Å². The smallest absolute Gasteiger partial charge is 0.368 e. The molecule has 0 aromatic carbocycles. The number of carbonyl (C=O) groups is 2. The summed E-state index contributed by atoms with van der Waals surface area (Å²) >= 11 is 0. The van der Waals surface area contributed by atoms with E-state index in [1.165, 1.54) is 7.05 Å². The molecule has 1 saturated heterocycles. The van der Waals surface area contributed by atoms with Gasteiger partial charge in [-0.05, 0) is 6.07 Å². The highest BCUT2D eigenvalue weighted by Crippen LogP contribution is 2.50. The van der Waals surface area contributed by atoms with Crippen LogP contribution in [0.2, 0.25) is 0 Å². The maximum Gasteiger partial charge on any atom is 0.432 e. The molecule has 2 aliphatic heterocycles. The predicted molar refractivity (Wildman–Crippen MR) is 74.4 cm³/mol. The molecule has 0 bridgehead atoms. The van der Waals surface area contributed by atoms with Crippen LogP contribution in [0, 0.1) is 0 Å². The fourth-order valence-corrected chi connectivity index (χ4v) is 4.23. The third kappa shape index (κ3) is 2.20. The molecule has 148 valence electrons. The lowest BCUT2D eigenvalue weighted by atomic mass is 10.0. The molecule has 2 fully saturated rings. The van der Waals surface area contributed by atoms with E-state index in [4.69, 9.17) is 0 Å². The van der Waals surface area contributed by atoms with Crippen molar-refractivity contribution in [2.45, 2.75) is 42.6 Å². The molecule has 4 atom stereocenters. The number of carbonyl (C=O) groups excluding carboxylic acids is 2. The van der Waals surface area contributed by atoms with Crippen molar-refractivity contribution in [1.29, 1.82) is 0 Å². The second-order valence-corrected chi connectivity index (χ2v) is 6.79. The van der Waals surface area contributed by atoms with E-state index in [1.807, 2.05) is 0 Å². The van der Waals surface area contributed by atoms with Gasteiger partial charge in [-0.15, -0.1) is 0 Å². The Morgan fingerprint density at radius 2 is 1.78 bits per heavy atom. The summed E-state index contributed by atoms with van der Waals surface area (Å²) in [6, 6.07) is -4.26. The number of rotatable bonds is 0. The zero-order valence-corrected chi connectivity index (χ0v) is 13.4. The molecule has 13 heteroatoms. The standard InChI is InChI=1S/C14H12F6N4O3/c1-23-11(26)22-8-7-6(3-12(8,23)27)24-5(10(25)21-7)2-4(13(15,16)17)9(24)14(18,19)20/h2,6-8,27H,3H2,1H3,(H,21,25)(H,22,26)/t6-,7-,8+,12+/m1/s1. The van der Waals surface area contributed by atoms with Crippen LogP contribution in [0.4, 0.5) is 31.1 Å². The summed E-state index contributed by atoms with van der Waals surface area (Å²) in [6.45, 7) is 0. The van der Waals surface area contributed by atoms with E-state index in [0.29, 0.717) is 4.57 Å². The molecule has 3 N–H and O–H groups in total. The highest BCUT2D eigenvalue weighted by Gasteiger charge is 2.65. The van der Waals surface area contributed by atoms with E-state index in [2.05, 4.69) is 10.6 Å². The number of amides is 3. The number of hydrogen-bond donors (Lipinski definition) is 3. The summed E-state index contributed by atoms with van der Waals surface area (Å²) in [5.41, 5.74) is -6.71. The molecule has 3 aliphatic rings. The lowest BCUT2D eigenvalue weighted by Gasteiger charge is -2.33. The molecule has 27 heavy (non-hydrogen) atoms. The Balaban J connectivity index is 1.93. The van der Waals surface area contributed by atoms with E-state index < -0.39 is 71.5 Å². The van der Waals surface area contributed by atoms with Crippen molar-refractivity contribution in [3.8, 4) is 0 Å². The summed E-state index contributed by atoms with van der Waals surface area (Å²) in [5, 5.41) is 15.4. The van der Waals surface area contributed by atoms with Gasteiger partial charge >= 0.3 is 18.4 Å². The van der Waals surface area contributed by atoms with E-state index in [0.717, 1.165) is 4.90 Å². The first-order valence-corrected chi connectivity index (χ1v) is 7.74. The molecule has 4 rings (SSSR count). The minimum atomic E-state index is -5.39. The van der Waals surface area contributed by atoms with Crippen molar-refractivity contribution < 1.29 is 41.0 Å². The van der Waals surface area contributed by atoms with Gasteiger partial charge in [0.2, 0.25) is 0 Å². The third-order valence-electron chi connectivity index (χ3n) is 5.42. The van der Waals surface area contributed by atoms with Gasteiger partial charge in [-0.25, -0.2) is 4.79 Å². The number of nitrogens with one attached hydrogen (secondary N) is 2. The zero-order chi connectivity index (χ0) is 20.1. The maximum absolute atomic E-state index is 13.5. The minimum absolute atomic E-state index is 0.162. The molecule has 0 spiro atoms. The third-order valence-corrected chi connectivity index (χ3v) is 5.42. The molecule has 1 aliphatic carbocycles. The van der Waals surface area contributed by atoms with Crippen molar-refractivity contribution >= 4 is 11.9 Å². The average molecular weight is 398 g/mol. The molecule has 1 aromatic rings. The number of fused-ring (bicyclic) bond motifs is 5. The largest absolute Gasteiger partial charge is 0.432 e. The van der Waals surface area contributed by atoms with Gasteiger partial charge in [0.05, 0.1) is 17.6 Å². The lowest BCUT2D eigenvalue weighted by molar-refractivity contribution is -0.166. The second kappa shape index (κ2) is 4.88. The number of aromatic nitrogens is 1. The average Bonchev–Trinajstić information content (AvgIpc) is 3.11. The van der Waals surface area contributed by atoms with Gasteiger partial charge in [0.25, 0.3) is 5.91 Å². The number of likely N-dealkylation sites (N-methyl/N-ethyl adjacent to an activating group) is 1. The van der Waals surface area contributed by atoms with Crippen molar-refractivity contribution in [2.24, 2.45) is 0 Å². The number of aliphatic hydroxyl groups is 1. The first-order valence-electron chi connectivity index (χ1n) is 7.74. The van der Waals surface area contributed by atoms with Gasteiger partial charge < -0.3 is 20.3 Å². The van der Waals surface area contributed by atoms with E-state index in [-0.39, 0.29) is 6.07 Å². The fourth-order valence-electron chi connectivity index (χ4n) is 4.23. The molecule has 0 radical (unpaired) electrons. The first-order chi connectivity index (χ1) is 12.3. The number of halogens is 6. The topological polar surface area (TPSA) is 86.6 Å². The normalized spacial score (nSPS) is 32.7. The number of urea groups is 1. The molecular weight excluding hydrogens is 386 g/mol. The number of alkyl halides is 6. The van der Waals surface area contributed by atoms with E-state index in [9.17, 15) is 41.0 Å². The second-order valence-electron chi connectivity index (χ2n) is 6.79. The molecule has 1 aromatic heterocycles. The van der Waals surface area contributed by atoms with Crippen LogP contribution in [0.25, 0.3) is 0 Å². The number of hydrogen-bond acceptors (Lipinski definition) is 3. The van der Waals surface area contributed by atoms with Gasteiger partial charge in [-0.2, -0.15) is 26.3 Å². The van der Waals surface area contributed by atoms with E-state index in [1.54, 1.807) is 0 Å². The molecule has 1 saturated carbocycles. The zero-order valence-electron chi connectivity index (χ0n) is 13.4. The summed E-state index contributed by atoms with van der Waals surface area (Å²) in [7, 11) is 1.21. The SMILES string of the molecule is CN1C(=O)N[C@H]2[C@@H]3NC(=O)c4cc(C(F)(F)F)c(C(F)(F)F)n4[C@@H]3C[C@]21O. The predicted octanol–water partition coefficient (Wildman–Crippen LogP) is 1.29. The Kier molecular flexibility index (Phi) is 3.25. The fraction of sp³-hybridized carbons (Fsp3) is 0.571. The van der Waals surface area contributed by atoms with Gasteiger partial charge in [0.1, 0.15) is 17.4 Å². The van der Waals surface area contributed by atoms with E-state index >= 15 is 0 Å². The van der Waals surface area contributed by atoms with Crippen LogP contribution in [-0.2, 0) is 12.4 Å². The molecule has 3 heterocycles. The van der Waals surface area contributed by atoms with Gasteiger partial charge in [0.15, 0.2) is 5.72 Å². The Morgan fingerprint density at radius 3 is 2.33 bits per heavy atom. The maximum atomic E-state index is 13.5. The minimum Gasteiger partial charge on any atom is -0.368 e. The van der Waals surface area contributed by atoms with Crippen molar-refractivity contribution in [1.82, 2.24) is 20.1 Å². The molecule has 0 unspecified atom stereocenters. The van der Waals surface area contributed by atoms with Crippen LogP contribution in [-0.4, -0.2) is 51.4 Å².